The fraction of sp³-hybridized carbons (Fsp3) is 0.231. The molecule has 1 unspecified atom stereocenters. The van der Waals surface area contributed by atoms with Crippen LogP contribution in [0.2, 0.25) is 0 Å². The van der Waals surface area contributed by atoms with Gasteiger partial charge < -0.3 is 5.32 Å². The molecule has 0 fully saturated rings. The summed E-state index contributed by atoms with van der Waals surface area (Å²) in [4.78, 5) is 10.6. The minimum Gasteiger partial charge on any atom is -0.378 e. The molecule has 0 amide bonds. The van der Waals surface area contributed by atoms with Crippen molar-refractivity contribution in [1.29, 1.82) is 0 Å². The van der Waals surface area contributed by atoms with Crippen molar-refractivity contribution in [2.24, 2.45) is 0 Å². The Labute approximate surface area is 122 Å². The Bertz CT molecular complexity index is 641. The van der Waals surface area contributed by atoms with Crippen molar-refractivity contribution >= 4 is 22.7 Å². The SMILES string of the molecule is CC(Nc1ccc([N+](=O)[O-])c(C(F)(F)F)c1)c1cccs1. The second kappa shape index (κ2) is 5.72. The molecule has 4 nitrogen and oxygen atoms in total. The van der Waals surface area contributed by atoms with Crippen LogP contribution in [0.5, 0.6) is 0 Å². The lowest BCUT2D eigenvalue weighted by atomic mass is 10.1. The van der Waals surface area contributed by atoms with Gasteiger partial charge in [0.1, 0.15) is 5.56 Å². The highest BCUT2D eigenvalue weighted by molar-refractivity contribution is 7.10. The van der Waals surface area contributed by atoms with Crippen LogP contribution in [0.1, 0.15) is 23.4 Å². The molecule has 0 spiro atoms. The van der Waals surface area contributed by atoms with E-state index in [4.69, 9.17) is 0 Å². The van der Waals surface area contributed by atoms with Gasteiger partial charge in [-0.25, -0.2) is 0 Å². The minimum absolute atomic E-state index is 0.187. The Morgan fingerprint density at radius 3 is 2.57 bits per heavy atom. The lowest BCUT2D eigenvalue weighted by Gasteiger charge is -2.15. The molecule has 0 saturated carbocycles. The van der Waals surface area contributed by atoms with Gasteiger partial charge in [-0.1, -0.05) is 6.07 Å². The second-order valence-corrected chi connectivity index (χ2v) is 5.35. The predicted octanol–water partition coefficient (Wildman–Crippen LogP) is 4.85. The van der Waals surface area contributed by atoms with Gasteiger partial charge in [0.05, 0.1) is 11.0 Å². The van der Waals surface area contributed by atoms with Gasteiger partial charge in [-0.3, -0.25) is 10.1 Å². The largest absolute Gasteiger partial charge is 0.423 e. The molecule has 1 aromatic carbocycles. The average molecular weight is 316 g/mol. The van der Waals surface area contributed by atoms with Crippen LogP contribution < -0.4 is 5.32 Å². The van der Waals surface area contributed by atoms with Crippen LogP contribution in [0.25, 0.3) is 0 Å². The van der Waals surface area contributed by atoms with Crippen molar-refractivity contribution in [3.8, 4) is 0 Å². The lowest BCUT2D eigenvalue weighted by Crippen LogP contribution is -2.11. The van der Waals surface area contributed by atoms with E-state index < -0.39 is 22.4 Å². The standard InChI is InChI=1S/C13H11F3N2O2S/c1-8(12-3-2-6-21-12)17-9-4-5-11(18(19)20)10(7-9)13(14,15)16/h2-8,17H,1H3. The summed E-state index contributed by atoms with van der Waals surface area (Å²) in [6, 6.07) is 6.42. The van der Waals surface area contributed by atoms with Crippen molar-refractivity contribution in [1.82, 2.24) is 0 Å². The number of benzene rings is 1. The van der Waals surface area contributed by atoms with E-state index in [1.807, 2.05) is 17.5 Å². The smallest absolute Gasteiger partial charge is 0.378 e. The van der Waals surface area contributed by atoms with Crippen LogP contribution in [0.4, 0.5) is 24.5 Å². The van der Waals surface area contributed by atoms with E-state index in [-0.39, 0.29) is 11.7 Å². The zero-order chi connectivity index (χ0) is 15.6. The van der Waals surface area contributed by atoms with Crippen LogP contribution in [0, 0.1) is 10.1 Å². The van der Waals surface area contributed by atoms with Gasteiger partial charge in [0.25, 0.3) is 5.69 Å². The van der Waals surface area contributed by atoms with Crippen LogP contribution in [-0.2, 0) is 6.18 Å². The Morgan fingerprint density at radius 1 is 1.33 bits per heavy atom. The molecule has 0 aliphatic rings. The van der Waals surface area contributed by atoms with E-state index >= 15 is 0 Å². The maximum Gasteiger partial charge on any atom is 0.423 e. The molecule has 8 heteroatoms. The first kappa shape index (κ1) is 15.3. The molecular weight excluding hydrogens is 305 g/mol. The highest BCUT2D eigenvalue weighted by Crippen LogP contribution is 2.38. The number of thiophene rings is 1. The third kappa shape index (κ3) is 3.52. The number of nitro groups is 1. The Morgan fingerprint density at radius 2 is 2.05 bits per heavy atom. The maximum absolute atomic E-state index is 12.9. The van der Waals surface area contributed by atoms with Gasteiger partial charge in [0.15, 0.2) is 0 Å². The summed E-state index contributed by atoms with van der Waals surface area (Å²) in [5.74, 6) is 0. The molecule has 21 heavy (non-hydrogen) atoms. The number of nitrogens with zero attached hydrogens (tertiary/aromatic N) is 1. The zero-order valence-corrected chi connectivity index (χ0v) is 11.7. The van der Waals surface area contributed by atoms with E-state index in [9.17, 15) is 23.3 Å². The first-order valence-corrected chi connectivity index (χ1v) is 6.82. The number of nitrogens with one attached hydrogen (secondary N) is 1. The first-order valence-electron chi connectivity index (χ1n) is 5.94. The molecule has 1 N–H and O–H groups in total. The predicted molar refractivity (Wildman–Crippen MR) is 74.5 cm³/mol. The van der Waals surface area contributed by atoms with Crippen LogP contribution in [0.3, 0.4) is 0 Å². The van der Waals surface area contributed by atoms with Crippen molar-refractivity contribution in [3.05, 3.63) is 56.3 Å². The molecule has 2 rings (SSSR count). The number of hydrogen-bond donors (Lipinski definition) is 1. The minimum atomic E-state index is -4.77. The van der Waals surface area contributed by atoms with E-state index in [1.165, 1.54) is 17.4 Å². The number of hydrogen-bond acceptors (Lipinski definition) is 4. The number of halogens is 3. The van der Waals surface area contributed by atoms with Crippen molar-refractivity contribution in [2.45, 2.75) is 19.1 Å². The zero-order valence-electron chi connectivity index (χ0n) is 10.8. The summed E-state index contributed by atoms with van der Waals surface area (Å²) >= 11 is 1.48. The fourth-order valence-corrected chi connectivity index (χ4v) is 2.61. The topological polar surface area (TPSA) is 55.2 Å². The normalized spacial score (nSPS) is 13.0. The molecule has 1 heterocycles. The van der Waals surface area contributed by atoms with Crippen molar-refractivity contribution in [2.75, 3.05) is 5.32 Å². The second-order valence-electron chi connectivity index (χ2n) is 4.37. The summed E-state index contributed by atoms with van der Waals surface area (Å²) < 4.78 is 38.6. The molecule has 1 atom stereocenters. The number of rotatable bonds is 4. The molecule has 0 aliphatic carbocycles. The molecular formula is C13H11F3N2O2S. The maximum atomic E-state index is 12.9. The van der Waals surface area contributed by atoms with E-state index in [1.54, 1.807) is 6.92 Å². The van der Waals surface area contributed by atoms with Crippen molar-refractivity contribution in [3.63, 3.8) is 0 Å². The lowest BCUT2D eigenvalue weighted by molar-refractivity contribution is -0.388. The van der Waals surface area contributed by atoms with E-state index in [2.05, 4.69) is 5.32 Å². The quantitative estimate of drug-likeness (QED) is 0.648. The summed E-state index contributed by atoms with van der Waals surface area (Å²) in [7, 11) is 0. The van der Waals surface area contributed by atoms with Crippen LogP contribution in [-0.4, -0.2) is 4.92 Å². The van der Waals surface area contributed by atoms with Gasteiger partial charge in [-0.05, 0) is 30.5 Å². The molecule has 0 bridgehead atoms. The molecule has 0 radical (unpaired) electrons. The van der Waals surface area contributed by atoms with E-state index in [0.717, 1.165) is 17.0 Å². The summed E-state index contributed by atoms with van der Waals surface area (Å²) in [6.07, 6.45) is -4.77. The van der Waals surface area contributed by atoms with Crippen LogP contribution >= 0.6 is 11.3 Å². The third-order valence-electron chi connectivity index (χ3n) is 2.85. The first-order chi connectivity index (χ1) is 9.79. The highest BCUT2D eigenvalue weighted by atomic mass is 32.1. The van der Waals surface area contributed by atoms with Gasteiger partial charge in [0, 0.05) is 16.6 Å². The fourth-order valence-electron chi connectivity index (χ4n) is 1.87. The van der Waals surface area contributed by atoms with Gasteiger partial charge in [-0.2, -0.15) is 13.2 Å². The summed E-state index contributed by atoms with van der Waals surface area (Å²) in [5.41, 5.74) is -2.01. The van der Waals surface area contributed by atoms with Crippen molar-refractivity contribution < 1.29 is 18.1 Å². The molecule has 0 saturated heterocycles. The Balaban J connectivity index is 2.32. The average Bonchev–Trinajstić information content (AvgIpc) is 2.91. The Kier molecular flexibility index (Phi) is 4.17. The van der Waals surface area contributed by atoms with Gasteiger partial charge in [0.2, 0.25) is 0 Å². The molecule has 112 valence electrons. The number of nitro benzene ring substituents is 1. The summed E-state index contributed by atoms with van der Waals surface area (Å²) in [5, 5.41) is 15.5. The van der Waals surface area contributed by atoms with Crippen LogP contribution in [0.15, 0.2) is 35.7 Å². The molecule has 2 aromatic rings. The monoisotopic (exact) mass is 316 g/mol. The molecule has 1 aromatic heterocycles. The highest BCUT2D eigenvalue weighted by Gasteiger charge is 2.38. The van der Waals surface area contributed by atoms with Gasteiger partial charge in [-0.15, -0.1) is 11.3 Å². The molecule has 0 aliphatic heterocycles. The summed E-state index contributed by atoms with van der Waals surface area (Å²) in [6.45, 7) is 1.81. The Hall–Kier alpha value is -2.09. The van der Waals surface area contributed by atoms with E-state index in [0.29, 0.717) is 0 Å². The number of anilines is 1. The third-order valence-corrected chi connectivity index (χ3v) is 3.91. The number of alkyl halides is 3. The van der Waals surface area contributed by atoms with Gasteiger partial charge >= 0.3 is 6.18 Å².